The zero-order valence-corrected chi connectivity index (χ0v) is 20.0. The zero-order chi connectivity index (χ0) is 24.5. The number of hydrogen-bond acceptors (Lipinski definition) is 5. The number of benzene rings is 2. The summed E-state index contributed by atoms with van der Waals surface area (Å²) in [6.45, 7) is 3.77. The van der Waals surface area contributed by atoms with E-state index in [0.717, 1.165) is 43.6 Å². The van der Waals surface area contributed by atoms with Crippen LogP contribution in [-0.4, -0.2) is 48.0 Å². The van der Waals surface area contributed by atoms with Crippen molar-refractivity contribution in [3.63, 3.8) is 0 Å². The Labute approximate surface area is 206 Å². The third-order valence-corrected chi connectivity index (χ3v) is 5.96. The minimum absolute atomic E-state index is 0.0324. The predicted molar refractivity (Wildman–Crippen MR) is 134 cm³/mol. The van der Waals surface area contributed by atoms with E-state index in [2.05, 4.69) is 10.3 Å². The van der Waals surface area contributed by atoms with Crippen molar-refractivity contribution in [2.75, 3.05) is 26.3 Å². The molecule has 2 aromatic carbocycles. The van der Waals surface area contributed by atoms with E-state index >= 15 is 0 Å². The lowest BCUT2D eigenvalue weighted by Gasteiger charge is -2.26. The monoisotopic (exact) mass is 473 g/mol. The van der Waals surface area contributed by atoms with E-state index in [9.17, 15) is 9.59 Å². The van der Waals surface area contributed by atoms with Crippen LogP contribution in [0.15, 0.2) is 72.9 Å². The van der Waals surface area contributed by atoms with Crippen LogP contribution >= 0.6 is 0 Å². The van der Waals surface area contributed by atoms with Gasteiger partial charge < -0.3 is 19.7 Å². The van der Waals surface area contributed by atoms with Crippen LogP contribution in [-0.2, 0) is 4.79 Å². The lowest BCUT2D eigenvalue weighted by atomic mass is 10.0. The van der Waals surface area contributed by atoms with Gasteiger partial charge in [-0.25, -0.2) is 0 Å². The molecule has 1 N–H and O–H groups in total. The van der Waals surface area contributed by atoms with Crippen LogP contribution in [0.3, 0.4) is 0 Å². The molecule has 1 fully saturated rings. The number of carbonyl (C=O) groups is 2. The largest absolute Gasteiger partial charge is 0.490 e. The molecule has 182 valence electrons. The number of nitrogens with zero attached hydrogens (tertiary/aromatic N) is 2. The summed E-state index contributed by atoms with van der Waals surface area (Å²) >= 11 is 0. The second kappa shape index (κ2) is 12.0. The highest BCUT2D eigenvalue weighted by atomic mass is 16.5. The van der Waals surface area contributed by atoms with E-state index in [1.807, 2.05) is 60.4 Å². The molecule has 1 saturated heterocycles. The minimum Gasteiger partial charge on any atom is -0.490 e. The molecule has 0 spiro atoms. The Kier molecular flexibility index (Phi) is 8.33. The predicted octanol–water partition coefficient (Wildman–Crippen LogP) is 4.39. The van der Waals surface area contributed by atoms with Gasteiger partial charge in [-0.3, -0.25) is 14.6 Å². The number of hydrogen-bond donors (Lipinski definition) is 1. The Hall–Kier alpha value is -3.87. The third-order valence-electron chi connectivity index (χ3n) is 5.96. The van der Waals surface area contributed by atoms with Crippen molar-refractivity contribution in [3.05, 3.63) is 89.7 Å². The van der Waals surface area contributed by atoms with Gasteiger partial charge in [0.25, 0.3) is 11.8 Å². The molecule has 0 bridgehead atoms. The minimum atomic E-state index is -0.404. The van der Waals surface area contributed by atoms with Crippen molar-refractivity contribution in [2.24, 2.45) is 0 Å². The fraction of sp³-hybridized carbons (Fsp3) is 0.321. The van der Waals surface area contributed by atoms with Crippen LogP contribution in [0.2, 0.25) is 0 Å². The van der Waals surface area contributed by atoms with E-state index in [0.29, 0.717) is 23.7 Å². The Bertz CT molecular complexity index is 1080. The lowest BCUT2D eigenvalue weighted by Crippen LogP contribution is -2.38. The van der Waals surface area contributed by atoms with Crippen LogP contribution in [0.4, 0.5) is 0 Å². The van der Waals surface area contributed by atoms with Gasteiger partial charge in [0.05, 0.1) is 18.3 Å². The number of ether oxygens (including phenoxy) is 2. The van der Waals surface area contributed by atoms with Gasteiger partial charge in [-0.05, 0) is 62.1 Å². The van der Waals surface area contributed by atoms with Gasteiger partial charge in [0, 0.05) is 24.8 Å². The van der Waals surface area contributed by atoms with Crippen molar-refractivity contribution in [1.29, 1.82) is 0 Å². The standard InChI is InChI=1S/C28H31N3O4/c1-2-34-25-19-22(14-15-24(25)35-20-26(32)31-17-9-4-10-18-31)28(33)30-27(21-11-5-3-6-12-21)23-13-7-8-16-29-23/h3,5-8,11-16,19,27H,2,4,9-10,17-18,20H2,1H3,(H,30,33)/t27-/m0/s1. The number of carbonyl (C=O) groups excluding carboxylic acids is 2. The first kappa shape index (κ1) is 24.3. The number of nitrogens with one attached hydrogen (secondary N) is 1. The average Bonchev–Trinajstić information content (AvgIpc) is 2.92. The molecule has 2 amide bonds. The van der Waals surface area contributed by atoms with Gasteiger partial charge in [0.15, 0.2) is 18.1 Å². The maximum absolute atomic E-state index is 13.2. The van der Waals surface area contributed by atoms with Gasteiger partial charge in [-0.1, -0.05) is 36.4 Å². The van der Waals surface area contributed by atoms with E-state index < -0.39 is 6.04 Å². The lowest BCUT2D eigenvalue weighted by molar-refractivity contribution is -0.134. The fourth-order valence-electron chi connectivity index (χ4n) is 4.15. The summed E-state index contributed by atoms with van der Waals surface area (Å²) in [5.41, 5.74) is 2.11. The SMILES string of the molecule is CCOc1cc(C(=O)N[C@@H](c2ccccc2)c2ccccn2)ccc1OCC(=O)N1CCCCC1. The third kappa shape index (κ3) is 6.38. The Balaban J connectivity index is 1.49. The maximum Gasteiger partial charge on any atom is 0.260 e. The normalized spacial score (nSPS) is 14.1. The Morgan fingerprint density at radius 2 is 1.71 bits per heavy atom. The van der Waals surface area contributed by atoms with E-state index in [1.54, 1.807) is 24.4 Å². The number of piperidine rings is 1. The molecule has 1 aliphatic rings. The molecule has 0 radical (unpaired) electrons. The van der Waals surface area contributed by atoms with E-state index in [1.165, 1.54) is 0 Å². The van der Waals surface area contributed by atoms with Gasteiger partial charge in [-0.15, -0.1) is 0 Å². The van der Waals surface area contributed by atoms with Gasteiger partial charge in [-0.2, -0.15) is 0 Å². The summed E-state index contributed by atoms with van der Waals surface area (Å²) in [5, 5.41) is 3.09. The highest BCUT2D eigenvalue weighted by Gasteiger charge is 2.21. The molecule has 0 unspecified atom stereocenters. The highest BCUT2D eigenvalue weighted by molar-refractivity contribution is 5.95. The molecular weight excluding hydrogens is 442 g/mol. The molecule has 0 saturated carbocycles. The molecule has 4 rings (SSSR count). The summed E-state index contributed by atoms with van der Waals surface area (Å²) in [6.07, 6.45) is 4.93. The van der Waals surface area contributed by atoms with Gasteiger partial charge in [0.2, 0.25) is 0 Å². The molecule has 7 nitrogen and oxygen atoms in total. The number of amides is 2. The average molecular weight is 474 g/mol. The molecule has 1 atom stereocenters. The zero-order valence-electron chi connectivity index (χ0n) is 20.0. The summed E-state index contributed by atoms with van der Waals surface area (Å²) in [5.74, 6) is 0.579. The fourth-order valence-corrected chi connectivity index (χ4v) is 4.15. The smallest absolute Gasteiger partial charge is 0.260 e. The van der Waals surface area contributed by atoms with Crippen molar-refractivity contribution in [1.82, 2.24) is 15.2 Å². The molecule has 35 heavy (non-hydrogen) atoms. The van der Waals surface area contributed by atoms with Gasteiger partial charge in [0.1, 0.15) is 0 Å². The number of aromatic nitrogens is 1. The summed E-state index contributed by atoms with van der Waals surface area (Å²) in [6, 6.07) is 20.0. The second-order valence-electron chi connectivity index (χ2n) is 8.40. The summed E-state index contributed by atoms with van der Waals surface area (Å²) < 4.78 is 11.5. The number of pyridine rings is 1. The molecule has 1 aliphatic heterocycles. The van der Waals surface area contributed by atoms with E-state index in [4.69, 9.17) is 9.47 Å². The molecule has 1 aromatic heterocycles. The van der Waals surface area contributed by atoms with Crippen LogP contribution in [0.5, 0.6) is 11.5 Å². The van der Waals surface area contributed by atoms with Crippen molar-refractivity contribution in [2.45, 2.75) is 32.2 Å². The molecule has 2 heterocycles. The molecule has 0 aliphatic carbocycles. The van der Waals surface area contributed by atoms with Crippen LogP contribution in [0.1, 0.15) is 53.8 Å². The first-order valence-electron chi connectivity index (χ1n) is 12.1. The van der Waals surface area contributed by atoms with E-state index in [-0.39, 0.29) is 18.4 Å². The molecule has 3 aromatic rings. The van der Waals surface area contributed by atoms with Crippen LogP contribution < -0.4 is 14.8 Å². The Morgan fingerprint density at radius 3 is 2.43 bits per heavy atom. The van der Waals surface area contributed by atoms with Crippen LogP contribution in [0.25, 0.3) is 0 Å². The van der Waals surface area contributed by atoms with Crippen molar-refractivity contribution >= 4 is 11.8 Å². The topological polar surface area (TPSA) is 80.8 Å². The molecule has 7 heteroatoms. The quantitative estimate of drug-likeness (QED) is 0.499. The highest BCUT2D eigenvalue weighted by Crippen LogP contribution is 2.29. The first-order valence-corrected chi connectivity index (χ1v) is 12.1. The van der Waals surface area contributed by atoms with Crippen molar-refractivity contribution < 1.29 is 19.1 Å². The number of likely N-dealkylation sites (tertiary alicyclic amines) is 1. The van der Waals surface area contributed by atoms with Gasteiger partial charge >= 0.3 is 0 Å². The van der Waals surface area contributed by atoms with Crippen LogP contribution in [0, 0.1) is 0 Å². The number of rotatable bonds is 9. The Morgan fingerprint density at radius 1 is 0.943 bits per heavy atom. The summed E-state index contributed by atoms with van der Waals surface area (Å²) in [7, 11) is 0. The first-order chi connectivity index (χ1) is 17.2. The van der Waals surface area contributed by atoms with Crippen molar-refractivity contribution in [3.8, 4) is 11.5 Å². The maximum atomic E-state index is 13.2. The molecular formula is C28H31N3O4. The second-order valence-corrected chi connectivity index (χ2v) is 8.40. The summed E-state index contributed by atoms with van der Waals surface area (Å²) in [4.78, 5) is 32.0.